The van der Waals surface area contributed by atoms with Crippen molar-refractivity contribution in [1.82, 2.24) is 0 Å². The molecule has 0 saturated heterocycles. The number of rotatable bonds is 2. The van der Waals surface area contributed by atoms with Gasteiger partial charge in [0.25, 0.3) is 0 Å². The lowest BCUT2D eigenvalue weighted by molar-refractivity contribution is 0.103. The molecule has 0 N–H and O–H groups in total. The van der Waals surface area contributed by atoms with Gasteiger partial charge in [-0.15, -0.1) is 0 Å². The molecule has 2 aromatic rings. The maximum Gasteiger partial charge on any atom is 0.196 e. The molecule has 2 aromatic carbocycles. The minimum Gasteiger partial charge on any atom is -0.288 e. The monoisotopic (exact) mass is 352 g/mol. The van der Waals surface area contributed by atoms with Gasteiger partial charge in [-0.25, -0.2) is 0 Å². The third kappa shape index (κ3) is 2.72. The molecular formula is C13H5Cl5O. The smallest absolute Gasteiger partial charge is 0.196 e. The Kier molecular flexibility index (Phi) is 4.65. The predicted molar refractivity (Wildman–Crippen MR) is 81.4 cm³/mol. The maximum atomic E-state index is 12.4. The Bertz CT molecular complexity index is 623. The number of halogens is 5. The highest BCUT2D eigenvalue weighted by Gasteiger charge is 2.24. The number of hydrogen-bond donors (Lipinski definition) is 0. The number of benzene rings is 2. The summed E-state index contributed by atoms with van der Waals surface area (Å²) in [5, 5.41) is 0.0433. The van der Waals surface area contributed by atoms with Gasteiger partial charge in [-0.3, -0.25) is 4.79 Å². The zero-order valence-electron chi connectivity index (χ0n) is 9.18. The van der Waals surface area contributed by atoms with Crippen LogP contribution in [0.4, 0.5) is 0 Å². The Morgan fingerprint density at radius 3 is 1.58 bits per heavy atom. The first-order valence-corrected chi connectivity index (χ1v) is 6.95. The van der Waals surface area contributed by atoms with Crippen molar-refractivity contribution in [1.29, 1.82) is 0 Å². The summed E-state index contributed by atoms with van der Waals surface area (Å²) in [6.45, 7) is 0. The molecule has 0 atom stereocenters. The van der Waals surface area contributed by atoms with Crippen LogP contribution in [0.15, 0.2) is 30.3 Å². The van der Waals surface area contributed by atoms with Gasteiger partial charge in [0.05, 0.1) is 30.7 Å². The largest absolute Gasteiger partial charge is 0.288 e. The Morgan fingerprint density at radius 1 is 0.684 bits per heavy atom. The Hall–Kier alpha value is -0.440. The fraction of sp³-hybridized carbons (Fsp3) is 0. The van der Waals surface area contributed by atoms with Crippen LogP contribution in [0.5, 0.6) is 0 Å². The summed E-state index contributed by atoms with van der Waals surface area (Å²) >= 11 is 29.8. The van der Waals surface area contributed by atoms with Gasteiger partial charge in [-0.2, -0.15) is 0 Å². The van der Waals surface area contributed by atoms with Crippen LogP contribution >= 0.6 is 58.0 Å². The van der Waals surface area contributed by atoms with Crippen LogP contribution < -0.4 is 0 Å². The second-order valence-corrected chi connectivity index (χ2v) is 5.53. The van der Waals surface area contributed by atoms with Crippen LogP contribution in [0, 0.1) is 0 Å². The molecule has 1 nitrogen and oxygen atoms in total. The van der Waals surface area contributed by atoms with E-state index in [0.717, 1.165) is 0 Å². The predicted octanol–water partition coefficient (Wildman–Crippen LogP) is 6.18. The van der Waals surface area contributed by atoms with Crippen molar-refractivity contribution < 1.29 is 4.79 Å². The fourth-order valence-electron chi connectivity index (χ4n) is 1.54. The van der Waals surface area contributed by atoms with Gasteiger partial charge in [0, 0.05) is 5.56 Å². The summed E-state index contributed by atoms with van der Waals surface area (Å²) in [5.74, 6) is -0.365. The highest BCUT2D eigenvalue weighted by Crippen LogP contribution is 2.44. The van der Waals surface area contributed by atoms with E-state index in [1.807, 2.05) is 0 Å². The molecule has 0 saturated carbocycles. The molecule has 0 aliphatic carbocycles. The van der Waals surface area contributed by atoms with Gasteiger partial charge in [0.1, 0.15) is 0 Å². The van der Waals surface area contributed by atoms with E-state index in [0.29, 0.717) is 5.56 Å². The Balaban J connectivity index is 2.67. The van der Waals surface area contributed by atoms with E-state index in [-0.39, 0.29) is 36.5 Å². The van der Waals surface area contributed by atoms with Crippen molar-refractivity contribution in [2.45, 2.75) is 0 Å². The van der Waals surface area contributed by atoms with Crippen molar-refractivity contribution in [3.8, 4) is 0 Å². The summed E-state index contributed by atoms with van der Waals surface area (Å²) in [6, 6.07) is 8.54. The van der Waals surface area contributed by atoms with E-state index in [1.54, 1.807) is 30.3 Å². The average Bonchev–Trinajstić information content (AvgIpc) is 2.44. The standard InChI is InChI=1S/C13H5Cl5O/c14-8-7(9(15)11(17)12(18)10(8)16)13(19)6-4-2-1-3-5-6/h1-5H. The van der Waals surface area contributed by atoms with Crippen LogP contribution in [0.3, 0.4) is 0 Å². The van der Waals surface area contributed by atoms with Crippen LogP contribution in [-0.4, -0.2) is 5.78 Å². The molecule has 0 radical (unpaired) electrons. The molecule has 0 aromatic heterocycles. The molecule has 0 bridgehead atoms. The molecule has 6 heteroatoms. The first kappa shape index (κ1) is 15.0. The van der Waals surface area contributed by atoms with Gasteiger partial charge in [-0.05, 0) is 0 Å². The lowest BCUT2D eigenvalue weighted by atomic mass is 10.0. The normalized spacial score (nSPS) is 10.6. The Morgan fingerprint density at radius 2 is 1.11 bits per heavy atom. The Labute approximate surface area is 135 Å². The highest BCUT2D eigenvalue weighted by atomic mass is 35.5. The van der Waals surface area contributed by atoms with Crippen molar-refractivity contribution in [2.75, 3.05) is 0 Å². The average molecular weight is 354 g/mol. The topological polar surface area (TPSA) is 17.1 Å². The van der Waals surface area contributed by atoms with Gasteiger partial charge in [0.2, 0.25) is 0 Å². The van der Waals surface area contributed by atoms with E-state index in [4.69, 9.17) is 58.0 Å². The summed E-state index contributed by atoms with van der Waals surface area (Å²) in [6.07, 6.45) is 0. The van der Waals surface area contributed by atoms with E-state index in [2.05, 4.69) is 0 Å². The SMILES string of the molecule is O=C(c1ccccc1)c1c(Cl)c(Cl)c(Cl)c(Cl)c1Cl. The molecule has 0 aliphatic rings. The second kappa shape index (κ2) is 5.90. The molecule has 19 heavy (non-hydrogen) atoms. The first-order valence-electron chi connectivity index (χ1n) is 5.06. The fourth-order valence-corrected chi connectivity index (χ4v) is 2.85. The highest BCUT2D eigenvalue weighted by molar-refractivity contribution is 6.56. The minimum atomic E-state index is -0.365. The summed E-state index contributed by atoms with van der Waals surface area (Å²) < 4.78 is 0. The molecule has 0 heterocycles. The van der Waals surface area contributed by atoms with Crippen LogP contribution in [0.25, 0.3) is 0 Å². The van der Waals surface area contributed by atoms with E-state index < -0.39 is 0 Å². The molecule has 98 valence electrons. The lowest BCUT2D eigenvalue weighted by Crippen LogP contribution is -2.04. The summed E-state index contributed by atoms with van der Waals surface area (Å²) in [5.41, 5.74) is 0.481. The second-order valence-electron chi connectivity index (χ2n) is 3.64. The van der Waals surface area contributed by atoms with Crippen molar-refractivity contribution >= 4 is 63.8 Å². The molecule has 2 rings (SSSR count). The number of ketones is 1. The zero-order valence-corrected chi connectivity index (χ0v) is 13.0. The van der Waals surface area contributed by atoms with Gasteiger partial charge < -0.3 is 0 Å². The van der Waals surface area contributed by atoms with Gasteiger partial charge in [0.15, 0.2) is 5.78 Å². The molecule has 0 aliphatic heterocycles. The maximum absolute atomic E-state index is 12.4. The van der Waals surface area contributed by atoms with Crippen molar-refractivity contribution in [3.63, 3.8) is 0 Å². The number of hydrogen-bond acceptors (Lipinski definition) is 1. The molecule has 0 amide bonds. The van der Waals surface area contributed by atoms with Gasteiger partial charge >= 0.3 is 0 Å². The van der Waals surface area contributed by atoms with Crippen LogP contribution in [0.1, 0.15) is 15.9 Å². The minimum absolute atomic E-state index is 0.00470. The third-order valence-electron chi connectivity index (χ3n) is 2.47. The number of carbonyl (C=O) groups excluding carboxylic acids is 1. The molecule has 0 unspecified atom stereocenters. The van der Waals surface area contributed by atoms with E-state index in [9.17, 15) is 4.79 Å². The number of carbonyl (C=O) groups is 1. The molecular weight excluding hydrogens is 349 g/mol. The quantitative estimate of drug-likeness (QED) is 0.357. The molecule has 0 spiro atoms. The van der Waals surface area contributed by atoms with Crippen LogP contribution in [-0.2, 0) is 0 Å². The van der Waals surface area contributed by atoms with Crippen molar-refractivity contribution in [3.05, 3.63) is 66.6 Å². The van der Waals surface area contributed by atoms with E-state index >= 15 is 0 Å². The van der Waals surface area contributed by atoms with Gasteiger partial charge in [-0.1, -0.05) is 88.3 Å². The molecule has 0 fully saturated rings. The lowest BCUT2D eigenvalue weighted by Gasteiger charge is -2.11. The van der Waals surface area contributed by atoms with E-state index in [1.165, 1.54) is 0 Å². The van der Waals surface area contributed by atoms with Crippen LogP contribution in [0.2, 0.25) is 25.1 Å². The summed E-state index contributed by atoms with van der Waals surface area (Å²) in [7, 11) is 0. The zero-order chi connectivity index (χ0) is 14.2. The third-order valence-corrected chi connectivity index (χ3v) is 4.75. The summed E-state index contributed by atoms with van der Waals surface area (Å²) in [4.78, 5) is 12.4. The van der Waals surface area contributed by atoms with Crippen molar-refractivity contribution in [2.24, 2.45) is 0 Å². The first-order chi connectivity index (χ1) is 8.95.